The van der Waals surface area contributed by atoms with Gasteiger partial charge in [0.25, 0.3) is 0 Å². The summed E-state index contributed by atoms with van der Waals surface area (Å²) in [6.45, 7) is 6.06. The van der Waals surface area contributed by atoms with Gasteiger partial charge in [0, 0.05) is 33.1 Å². The van der Waals surface area contributed by atoms with Crippen molar-refractivity contribution >= 4 is 44.7 Å². The molecule has 260 valence electrons. The molecule has 4 atom stereocenters. The van der Waals surface area contributed by atoms with Gasteiger partial charge >= 0.3 is 5.69 Å². The molecule has 4 N–H and O–H groups in total. The van der Waals surface area contributed by atoms with Gasteiger partial charge in [-0.25, -0.2) is 13.2 Å². The zero-order valence-electron chi connectivity index (χ0n) is 28.1. The Labute approximate surface area is 280 Å². The molecule has 2 heterocycles. The second-order valence-corrected chi connectivity index (χ2v) is 14.6. The fraction of sp³-hybridized carbons (Fsp3) is 0.485. The molecule has 0 unspecified atom stereocenters. The van der Waals surface area contributed by atoms with Crippen LogP contribution in [0.3, 0.4) is 0 Å². The molecule has 0 radical (unpaired) electrons. The topological polar surface area (TPSA) is 181 Å². The number of rotatable bonds is 7. The normalized spacial score (nSPS) is 22.4. The Bertz CT molecular complexity index is 1840. The van der Waals surface area contributed by atoms with Crippen LogP contribution in [0.1, 0.15) is 46.1 Å². The fourth-order valence-corrected chi connectivity index (χ4v) is 7.17. The number of nitrogens with one attached hydrogen (secondary N) is 4. The van der Waals surface area contributed by atoms with Crippen LogP contribution in [0.15, 0.2) is 58.2 Å². The van der Waals surface area contributed by atoms with Gasteiger partial charge in [0.1, 0.15) is 18.1 Å². The molecule has 15 heteroatoms. The molecule has 1 aliphatic heterocycles. The van der Waals surface area contributed by atoms with Crippen molar-refractivity contribution in [2.75, 3.05) is 13.1 Å². The summed E-state index contributed by atoms with van der Waals surface area (Å²) in [5.41, 5.74) is 1.36. The molecule has 0 aliphatic carbocycles. The minimum absolute atomic E-state index is 0.00944. The minimum atomic E-state index is -4.38. The van der Waals surface area contributed by atoms with E-state index < -0.39 is 64.4 Å². The zero-order chi connectivity index (χ0) is 35.3. The monoisotopic (exact) mass is 683 g/mol. The van der Waals surface area contributed by atoms with Crippen LogP contribution in [0.5, 0.6) is 0 Å². The number of amides is 4. The lowest BCUT2D eigenvalue weighted by atomic mass is 10.0. The number of benzene rings is 2. The predicted molar refractivity (Wildman–Crippen MR) is 180 cm³/mol. The summed E-state index contributed by atoms with van der Waals surface area (Å²) in [7, 11) is -1.26. The SMILES string of the molecule is CC[C@H]1CN(S(=O)(=O)c2ccc3c(c2)n(C)c(=O)n3C)CC(=O)N[C@H](C)C(=O)N[C@@H](CC(C)C)C(=O)N[C@@H](Cc2ccccc2)C(=O)N1. The third kappa shape index (κ3) is 8.31. The molecule has 48 heavy (non-hydrogen) atoms. The number of sulfonamides is 1. The molecular formula is C33H45N7O7S. The lowest BCUT2D eigenvalue weighted by molar-refractivity contribution is -0.133. The average Bonchev–Trinajstić information content (AvgIpc) is 3.25. The molecule has 1 fully saturated rings. The Balaban J connectivity index is 1.75. The van der Waals surface area contributed by atoms with Crippen molar-refractivity contribution in [1.82, 2.24) is 34.7 Å². The smallest absolute Gasteiger partial charge is 0.328 e. The maximum Gasteiger partial charge on any atom is 0.328 e. The number of nitrogens with zero attached hydrogens (tertiary/aromatic N) is 3. The number of imidazole rings is 1. The first-order valence-electron chi connectivity index (χ1n) is 16.0. The summed E-state index contributed by atoms with van der Waals surface area (Å²) < 4.78 is 32.0. The lowest BCUT2D eigenvalue weighted by Gasteiger charge is -2.28. The standard InChI is InChI=1S/C33H45N7O7S/c1-7-23-18-40(48(46,47)24-13-14-27-28(17-24)39(6)33(45)38(27)5)19-29(41)34-21(4)30(42)36-25(15-20(2)3)32(44)37-26(31(43)35-23)16-22-11-9-8-10-12-22/h8-14,17,20-21,23,25-26H,7,15-16,18-19H2,1-6H3,(H,34,41)(H,35,43)(H,36,42)(H,37,44)/t21-,23+,25+,26+/m1/s1. The van der Waals surface area contributed by atoms with Crippen molar-refractivity contribution in [2.24, 2.45) is 20.0 Å². The van der Waals surface area contributed by atoms with Crippen LogP contribution in [0.25, 0.3) is 11.0 Å². The van der Waals surface area contributed by atoms with E-state index in [2.05, 4.69) is 21.3 Å². The highest BCUT2D eigenvalue weighted by atomic mass is 32.2. The maximum absolute atomic E-state index is 14.2. The van der Waals surface area contributed by atoms with Crippen molar-refractivity contribution in [1.29, 1.82) is 0 Å². The van der Waals surface area contributed by atoms with E-state index in [-0.39, 0.29) is 35.9 Å². The number of hydrogen-bond donors (Lipinski definition) is 4. The van der Waals surface area contributed by atoms with Gasteiger partial charge < -0.3 is 21.3 Å². The van der Waals surface area contributed by atoms with E-state index in [4.69, 9.17) is 0 Å². The Morgan fingerprint density at radius 3 is 2.08 bits per heavy atom. The van der Waals surface area contributed by atoms with E-state index in [1.807, 2.05) is 44.2 Å². The number of carbonyl (C=O) groups excluding carboxylic acids is 4. The molecule has 1 saturated heterocycles. The van der Waals surface area contributed by atoms with E-state index in [1.165, 1.54) is 41.3 Å². The maximum atomic E-state index is 14.2. The quantitative estimate of drug-likeness (QED) is 0.281. The third-order valence-electron chi connectivity index (χ3n) is 8.49. The number of aryl methyl sites for hydroxylation is 2. The van der Waals surface area contributed by atoms with Crippen molar-refractivity contribution in [3.05, 3.63) is 64.6 Å². The van der Waals surface area contributed by atoms with Crippen molar-refractivity contribution in [3.8, 4) is 0 Å². The summed E-state index contributed by atoms with van der Waals surface area (Å²) in [5.74, 6) is -2.48. The van der Waals surface area contributed by atoms with Gasteiger partial charge in [-0.3, -0.25) is 28.3 Å². The highest BCUT2D eigenvalue weighted by Gasteiger charge is 2.34. The van der Waals surface area contributed by atoms with Crippen LogP contribution in [0, 0.1) is 5.92 Å². The first kappa shape index (κ1) is 36.3. The first-order chi connectivity index (χ1) is 22.6. The molecule has 14 nitrogen and oxygen atoms in total. The predicted octanol–water partition coefficient (Wildman–Crippen LogP) is 0.539. The molecule has 4 rings (SSSR count). The number of fused-ring (bicyclic) bond motifs is 1. The summed E-state index contributed by atoms with van der Waals surface area (Å²) in [6, 6.07) is 9.47. The van der Waals surface area contributed by atoms with Gasteiger partial charge in [0.2, 0.25) is 33.7 Å². The molecule has 4 amide bonds. The summed E-state index contributed by atoms with van der Waals surface area (Å²) in [5, 5.41) is 10.9. The molecule has 1 aliphatic rings. The van der Waals surface area contributed by atoms with E-state index >= 15 is 0 Å². The van der Waals surface area contributed by atoms with Crippen LogP contribution in [-0.2, 0) is 49.7 Å². The Hall–Kier alpha value is -4.50. The summed E-state index contributed by atoms with van der Waals surface area (Å²) in [6.07, 6.45) is 0.717. The highest BCUT2D eigenvalue weighted by molar-refractivity contribution is 7.89. The molecule has 2 aromatic carbocycles. The number of hydrogen-bond acceptors (Lipinski definition) is 7. The second-order valence-electron chi connectivity index (χ2n) is 12.7. The number of carbonyl (C=O) groups is 4. The first-order valence-corrected chi connectivity index (χ1v) is 17.5. The van der Waals surface area contributed by atoms with Gasteiger partial charge in [-0.2, -0.15) is 4.31 Å². The molecule has 0 spiro atoms. The van der Waals surface area contributed by atoms with Gasteiger partial charge in [-0.15, -0.1) is 0 Å². The van der Waals surface area contributed by atoms with Crippen molar-refractivity contribution in [3.63, 3.8) is 0 Å². The second kappa shape index (κ2) is 15.2. The third-order valence-corrected chi connectivity index (χ3v) is 10.3. The zero-order valence-corrected chi connectivity index (χ0v) is 29.0. The number of aromatic nitrogens is 2. The molecule has 0 bridgehead atoms. The van der Waals surface area contributed by atoms with Crippen molar-refractivity contribution in [2.45, 2.75) is 76.0 Å². The van der Waals surface area contributed by atoms with E-state index in [9.17, 15) is 32.4 Å². The van der Waals surface area contributed by atoms with Crippen LogP contribution < -0.4 is 27.0 Å². The van der Waals surface area contributed by atoms with Crippen LogP contribution in [-0.4, -0.2) is 82.7 Å². The van der Waals surface area contributed by atoms with E-state index in [0.717, 1.165) is 9.87 Å². The lowest BCUT2D eigenvalue weighted by Crippen LogP contribution is -2.57. The van der Waals surface area contributed by atoms with Crippen LogP contribution >= 0.6 is 0 Å². The van der Waals surface area contributed by atoms with Gasteiger partial charge in [-0.05, 0) is 49.4 Å². The Kier molecular flexibility index (Phi) is 11.5. The molecule has 1 aromatic heterocycles. The highest BCUT2D eigenvalue weighted by Crippen LogP contribution is 2.22. The summed E-state index contributed by atoms with van der Waals surface area (Å²) in [4.78, 5) is 66.3. The molecule has 3 aromatic rings. The van der Waals surface area contributed by atoms with Gasteiger partial charge in [-0.1, -0.05) is 51.1 Å². The van der Waals surface area contributed by atoms with Gasteiger partial charge in [0.05, 0.1) is 22.5 Å². The van der Waals surface area contributed by atoms with E-state index in [0.29, 0.717) is 17.5 Å². The minimum Gasteiger partial charge on any atom is -0.350 e. The van der Waals surface area contributed by atoms with Crippen molar-refractivity contribution < 1.29 is 27.6 Å². The average molecular weight is 684 g/mol. The fourth-order valence-electron chi connectivity index (χ4n) is 5.71. The van der Waals surface area contributed by atoms with Crippen LogP contribution in [0.4, 0.5) is 0 Å². The van der Waals surface area contributed by atoms with Crippen LogP contribution in [0.2, 0.25) is 0 Å². The largest absolute Gasteiger partial charge is 0.350 e. The molecular weight excluding hydrogens is 638 g/mol. The Morgan fingerprint density at radius 2 is 1.44 bits per heavy atom. The molecule has 0 saturated carbocycles. The summed E-state index contributed by atoms with van der Waals surface area (Å²) >= 11 is 0. The van der Waals surface area contributed by atoms with E-state index in [1.54, 1.807) is 14.0 Å². The Morgan fingerprint density at radius 1 is 0.812 bits per heavy atom. The van der Waals surface area contributed by atoms with Gasteiger partial charge in [0.15, 0.2) is 0 Å².